The molecule has 2 aliphatic carbocycles. The third-order valence-corrected chi connectivity index (χ3v) is 7.75. The van der Waals surface area contributed by atoms with E-state index in [0.717, 1.165) is 24.1 Å². The van der Waals surface area contributed by atoms with Crippen molar-refractivity contribution in [2.45, 2.75) is 56.7 Å². The minimum Gasteiger partial charge on any atom is -0.465 e. The molecular weight excluding hydrogens is 528 g/mol. The summed E-state index contributed by atoms with van der Waals surface area (Å²) in [6, 6.07) is 9.35. The minimum absolute atomic E-state index is 0.0625. The largest absolute Gasteiger partial charge is 0.465 e. The molecule has 3 aromatic rings. The molecule has 41 heavy (non-hydrogen) atoms. The smallest absolute Gasteiger partial charge is 0.406 e. The van der Waals surface area contributed by atoms with E-state index in [2.05, 4.69) is 42.2 Å². The van der Waals surface area contributed by atoms with Crippen LogP contribution in [0.15, 0.2) is 36.7 Å². The summed E-state index contributed by atoms with van der Waals surface area (Å²) < 4.78 is 6.34. The fourth-order valence-corrected chi connectivity index (χ4v) is 5.51. The zero-order valence-electron chi connectivity index (χ0n) is 22.6. The Labute approximate surface area is 236 Å². The Morgan fingerprint density at radius 2 is 1.80 bits per heavy atom. The van der Waals surface area contributed by atoms with E-state index in [1.165, 1.54) is 13.3 Å². The van der Waals surface area contributed by atoms with Crippen LogP contribution in [0.1, 0.15) is 54.4 Å². The summed E-state index contributed by atoms with van der Waals surface area (Å²) in [4.78, 5) is 40.4. The third-order valence-electron chi connectivity index (χ3n) is 7.75. The van der Waals surface area contributed by atoms with Gasteiger partial charge in [-0.05, 0) is 68.7 Å². The van der Waals surface area contributed by atoms with Crippen molar-refractivity contribution in [3.63, 3.8) is 0 Å². The van der Waals surface area contributed by atoms with Crippen LogP contribution in [0.3, 0.4) is 0 Å². The monoisotopic (exact) mass is 560 g/mol. The SMILES string of the molecule is COC(=O)NCC1CC(Nc2cc(-c3ccc4cc(C#N)cnn34)ncc2C(=O)NC2CCC(NC(=O)O)CC2)C1. The number of anilines is 1. The fraction of sp³-hybridized carbons (Fsp3) is 0.429. The van der Waals surface area contributed by atoms with Crippen LogP contribution in [0.4, 0.5) is 15.3 Å². The maximum atomic E-state index is 13.4. The second kappa shape index (κ2) is 12.1. The molecule has 0 saturated heterocycles. The molecule has 2 saturated carbocycles. The van der Waals surface area contributed by atoms with Gasteiger partial charge in [-0.2, -0.15) is 10.4 Å². The number of nitriles is 1. The maximum Gasteiger partial charge on any atom is 0.406 e. The number of alkyl carbamates (subject to hydrolysis) is 1. The fourth-order valence-electron chi connectivity index (χ4n) is 5.51. The van der Waals surface area contributed by atoms with Crippen molar-refractivity contribution in [2.24, 2.45) is 5.92 Å². The highest BCUT2D eigenvalue weighted by atomic mass is 16.5. The van der Waals surface area contributed by atoms with E-state index >= 15 is 0 Å². The minimum atomic E-state index is -1.03. The lowest BCUT2D eigenvalue weighted by Gasteiger charge is -2.37. The average molecular weight is 561 g/mol. The van der Waals surface area contributed by atoms with Crippen LogP contribution in [0.5, 0.6) is 0 Å². The average Bonchev–Trinajstić information content (AvgIpc) is 3.37. The summed E-state index contributed by atoms with van der Waals surface area (Å²) in [5.41, 5.74) is 3.60. The molecule has 5 N–H and O–H groups in total. The second-order valence-electron chi connectivity index (χ2n) is 10.5. The number of ether oxygens (including phenoxy) is 1. The Morgan fingerprint density at radius 1 is 1.07 bits per heavy atom. The van der Waals surface area contributed by atoms with Gasteiger partial charge in [-0.15, -0.1) is 0 Å². The maximum absolute atomic E-state index is 13.4. The van der Waals surface area contributed by atoms with E-state index in [1.807, 2.05) is 18.2 Å². The van der Waals surface area contributed by atoms with Gasteiger partial charge in [0.15, 0.2) is 0 Å². The second-order valence-corrected chi connectivity index (χ2v) is 10.5. The molecule has 3 heterocycles. The Balaban J connectivity index is 1.33. The van der Waals surface area contributed by atoms with Crippen LogP contribution in [0.25, 0.3) is 16.9 Å². The van der Waals surface area contributed by atoms with Gasteiger partial charge in [0, 0.05) is 30.9 Å². The molecule has 0 atom stereocenters. The van der Waals surface area contributed by atoms with Crippen molar-refractivity contribution in [3.8, 4) is 17.5 Å². The number of carbonyl (C=O) groups excluding carboxylic acids is 2. The Hall–Kier alpha value is -4.86. The molecule has 0 aromatic carbocycles. The number of nitrogens with one attached hydrogen (secondary N) is 4. The first kappa shape index (κ1) is 27.7. The summed E-state index contributed by atoms with van der Waals surface area (Å²) in [5.74, 6) is 0.0501. The van der Waals surface area contributed by atoms with E-state index in [0.29, 0.717) is 60.7 Å². The molecule has 3 aromatic heterocycles. The highest BCUT2D eigenvalue weighted by Gasteiger charge is 2.31. The lowest BCUT2D eigenvalue weighted by molar-refractivity contribution is 0.0923. The molecule has 0 unspecified atom stereocenters. The molecule has 13 nitrogen and oxygen atoms in total. The lowest BCUT2D eigenvalue weighted by atomic mass is 9.80. The number of amides is 3. The summed E-state index contributed by atoms with van der Waals surface area (Å²) >= 11 is 0. The van der Waals surface area contributed by atoms with Crippen molar-refractivity contribution in [3.05, 3.63) is 47.8 Å². The quantitative estimate of drug-likeness (QED) is 0.276. The predicted octanol–water partition coefficient (Wildman–Crippen LogP) is 3.12. The van der Waals surface area contributed by atoms with Gasteiger partial charge in [0.05, 0.1) is 47.0 Å². The van der Waals surface area contributed by atoms with Crippen LogP contribution in [0, 0.1) is 17.2 Å². The van der Waals surface area contributed by atoms with E-state index in [-0.39, 0.29) is 24.0 Å². The van der Waals surface area contributed by atoms with Gasteiger partial charge < -0.3 is 31.1 Å². The molecule has 0 bridgehead atoms. The highest BCUT2D eigenvalue weighted by molar-refractivity contribution is 6.00. The molecule has 3 amide bonds. The van der Waals surface area contributed by atoms with Gasteiger partial charge in [-0.1, -0.05) is 0 Å². The van der Waals surface area contributed by atoms with Gasteiger partial charge in [-0.3, -0.25) is 9.78 Å². The summed E-state index contributed by atoms with van der Waals surface area (Å²) in [6.07, 6.45) is 5.86. The number of aromatic nitrogens is 3. The van der Waals surface area contributed by atoms with Crippen LogP contribution in [0.2, 0.25) is 0 Å². The topological polar surface area (TPSA) is 183 Å². The first-order valence-electron chi connectivity index (χ1n) is 13.6. The standard InChI is InChI=1S/C28H32N8O5/c1-41-28(40)31-13-16-8-20(9-16)33-23-11-24(25-7-6-21-10-17(12-29)14-32-36(21)25)30-15-22(23)26(37)34-18-2-4-19(5-3-18)35-27(38)39/h6-7,10-11,14-16,18-20,35H,2-5,8-9,13H2,1H3,(H,30,33)(H,31,40)(H,34,37)(H,38,39). The predicted molar refractivity (Wildman–Crippen MR) is 148 cm³/mol. The van der Waals surface area contributed by atoms with Gasteiger partial charge in [0.1, 0.15) is 6.07 Å². The van der Waals surface area contributed by atoms with Gasteiger partial charge >= 0.3 is 12.2 Å². The molecule has 0 spiro atoms. The summed E-state index contributed by atoms with van der Waals surface area (Å²) in [7, 11) is 1.33. The highest BCUT2D eigenvalue weighted by Crippen LogP contribution is 2.33. The van der Waals surface area contributed by atoms with Gasteiger partial charge in [0.25, 0.3) is 5.91 Å². The number of carbonyl (C=O) groups is 3. The van der Waals surface area contributed by atoms with Crippen LogP contribution in [-0.4, -0.2) is 69.6 Å². The van der Waals surface area contributed by atoms with Gasteiger partial charge in [-0.25, -0.2) is 14.1 Å². The molecule has 2 fully saturated rings. The van der Waals surface area contributed by atoms with Crippen LogP contribution in [-0.2, 0) is 4.74 Å². The van der Waals surface area contributed by atoms with Crippen LogP contribution < -0.4 is 21.3 Å². The van der Waals surface area contributed by atoms with Crippen molar-refractivity contribution < 1.29 is 24.2 Å². The van der Waals surface area contributed by atoms with Crippen molar-refractivity contribution >= 4 is 29.3 Å². The first-order chi connectivity index (χ1) is 19.8. The Bertz CT molecular complexity index is 1480. The first-order valence-corrected chi connectivity index (χ1v) is 13.6. The molecule has 5 rings (SSSR count). The van der Waals surface area contributed by atoms with Crippen molar-refractivity contribution in [1.82, 2.24) is 30.5 Å². The van der Waals surface area contributed by atoms with E-state index in [1.54, 1.807) is 16.8 Å². The Morgan fingerprint density at radius 3 is 2.49 bits per heavy atom. The Kier molecular flexibility index (Phi) is 8.19. The normalized spacial score (nSPS) is 21.7. The molecule has 214 valence electrons. The van der Waals surface area contributed by atoms with E-state index < -0.39 is 12.2 Å². The molecule has 0 aliphatic heterocycles. The molecule has 13 heteroatoms. The van der Waals surface area contributed by atoms with Crippen molar-refractivity contribution in [1.29, 1.82) is 5.26 Å². The zero-order valence-corrected chi connectivity index (χ0v) is 22.6. The number of hydrogen-bond acceptors (Lipinski definition) is 8. The third kappa shape index (κ3) is 6.49. The number of rotatable bonds is 8. The van der Waals surface area contributed by atoms with E-state index in [4.69, 9.17) is 5.11 Å². The number of fused-ring (bicyclic) bond motifs is 1. The molecule has 0 radical (unpaired) electrons. The number of hydrogen-bond donors (Lipinski definition) is 5. The molecular formula is C28H32N8O5. The summed E-state index contributed by atoms with van der Waals surface area (Å²) in [5, 5.41) is 34.4. The number of nitrogens with zero attached hydrogens (tertiary/aromatic N) is 4. The van der Waals surface area contributed by atoms with Gasteiger partial charge in [0.2, 0.25) is 0 Å². The number of pyridine rings is 1. The zero-order chi connectivity index (χ0) is 28.9. The lowest BCUT2D eigenvalue weighted by Crippen LogP contribution is -2.44. The van der Waals surface area contributed by atoms with Crippen molar-refractivity contribution in [2.75, 3.05) is 19.0 Å². The number of methoxy groups -OCH3 is 1. The van der Waals surface area contributed by atoms with Crippen LogP contribution >= 0.6 is 0 Å². The number of carboxylic acid groups (broad SMARTS) is 1. The molecule has 2 aliphatic rings. The summed E-state index contributed by atoms with van der Waals surface area (Å²) in [6.45, 7) is 0.520. The van der Waals surface area contributed by atoms with E-state index in [9.17, 15) is 19.6 Å².